The van der Waals surface area contributed by atoms with Crippen molar-refractivity contribution in [2.75, 3.05) is 12.4 Å². The number of methoxy groups -OCH3 is 1. The molecule has 156 valence electrons. The summed E-state index contributed by atoms with van der Waals surface area (Å²) in [4.78, 5) is 17.1. The highest BCUT2D eigenvalue weighted by molar-refractivity contribution is 6.33. The fraction of sp³-hybridized carbons (Fsp3) is 0.0870. The van der Waals surface area contributed by atoms with Gasteiger partial charge in [0, 0.05) is 5.56 Å². The first-order valence-electron chi connectivity index (χ1n) is 9.39. The van der Waals surface area contributed by atoms with Crippen molar-refractivity contribution in [3.8, 4) is 22.9 Å². The van der Waals surface area contributed by atoms with Crippen LogP contribution in [-0.4, -0.2) is 23.2 Å². The first-order valence-corrected chi connectivity index (χ1v) is 9.76. The Morgan fingerprint density at radius 3 is 2.55 bits per heavy atom. The van der Waals surface area contributed by atoms with Gasteiger partial charge in [0.05, 0.1) is 23.4 Å². The van der Waals surface area contributed by atoms with Crippen molar-refractivity contribution in [2.24, 2.45) is 0 Å². The number of hydrogen-bond donors (Lipinski definition) is 1. The molecule has 1 heterocycles. The summed E-state index contributed by atoms with van der Waals surface area (Å²) in [6.07, 6.45) is 0. The van der Waals surface area contributed by atoms with Gasteiger partial charge in [0.1, 0.15) is 11.5 Å². The molecule has 0 bridgehead atoms. The minimum Gasteiger partial charge on any atom is -0.497 e. The van der Waals surface area contributed by atoms with Gasteiger partial charge in [-0.1, -0.05) is 41.0 Å². The van der Waals surface area contributed by atoms with Gasteiger partial charge >= 0.3 is 0 Å². The number of carbonyl (C=O) groups excluding carboxylic acids is 1. The monoisotopic (exact) mass is 435 g/mol. The number of para-hydroxylation sites is 2. The SMILES string of the molecule is COc1ccc(-c2noc(COc3ccccc3C(=O)Nc3ccccc3Cl)n2)cc1. The van der Waals surface area contributed by atoms with Crippen LogP contribution in [0.25, 0.3) is 11.4 Å². The standard InChI is InChI=1S/C23H18ClN3O4/c1-29-16-12-10-15(11-13-16)22-26-21(31-27-22)14-30-20-9-5-2-6-17(20)23(28)25-19-8-4-3-7-18(19)24/h2-13H,14H2,1H3,(H,25,28). The molecule has 8 heteroatoms. The molecule has 0 aliphatic rings. The van der Waals surface area contributed by atoms with Crippen molar-refractivity contribution in [1.82, 2.24) is 10.1 Å². The van der Waals surface area contributed by atoms with E-state index < -0.39 is 0 Å². The number of nitrogens with one attached hydrogen (secondary N) is 1. The van der Waals surface area contributed by atoms with Crippen molar-refractivity contribution in [3.05, 3.63) is 89.3 Å². The second kappa shape index (κ2) is 9.32. The normalized spacial score (nSPS) is 10.5. The highest BCUT2D eigenvalue weighted by Crippen LogP contribution is 2.25. The lowest BCUT2D eigenvalue weighted by Gasteiger charge is -2.11. The number of amides is 1. The molecular formula is C23H18ClN3O4. The average molecular weight is 436 g/mol. The molecule has 0 aliphatic heterocycles. The Bertz CT molecular complexity index is 1190. The van der Waals surface area contributed by atoms with Crippen LogP contribution in [0.3, 0.4) is 0 Å². The van der Waals surface area contributed by atoms with Crippen LogP contribution < -0.4 is 14.8 Å². The van der Waals surface area contributed by atoms with Crippen LogP contribution in [0, 0.1) is 0 Å². The summed E-state index contributed by atoms with van der Waals surface area (Å²) in [6.45, 7) is 0.0134. The van der Waals surface area contributed by atoms with E-state index in [1.54, 1.807) is 55.6 Å². The van der Waals surface area contributed by atoms with Gasteiger partial charge in [-0.25, -0.2) is 0 Å². The Hall–Kier alpha value is -3.84. The molecule has 0 unspecified atom stereocenters. The van der Waals surface area contributed by atoms with E-state index in [1.165, 1.54) is 0 Å². The fourth-order valence-electron chi connectivity index (χ4n) is 2.84. The van der Waals surface area contributed by atoms with Crippen LogP contribution >= 0.6 is 11.6 Å². The van der Waals surface area contributed by atoms with Crippen LogP contribution in [0.1, 0.15) is 16.2 Å². The van der Waals surface area contributed by atoms with Crippen molar-refractivity contribution >= 4 is 23.2 Å². The number of nitrogens with zero attached hydrogens (tertiary/aromatic N) is 2. The zero-order valence-electron chi connectivity index (χ0n) is 16.5. The van der Waals surface area contributed by atoms with Gasteiger partial charge in [-0.2, -0.15) is 4.98 Å². The summed E-state index contributed by atoms with van der Waals surface area (Å²) < 4.78 is 16.2. The molecule has 4 aromatic rings. The molecule has 1 amide bonds. The third-order valence-electron chi connectivity index (χ3n) is 4.42. The van der Waals surface area contributed by atoms with Gasteiger partial charge in [-0.05, 0) is 48.5 Å². The van der Waals surface area contributed by atoms with Crippen LogP contribution in [0.2, 0.25) is 5.02 Å². The molecule has 31 heavy (non-hydrogen) atoms. The van der Waals surface area contributed by atoms with Gasteiger partial charge in [-0.3, -0.25) is 4.79 Å². The third-order valence-corrected chi connectivity index (χ3v) is 4.75. The molecule has 4 rings (SSSR count). The molecule has 0 spiro atoms. The molecule has 0 saturated carbocycles. The number of rotatable bonds is 7. The minimum absolute atomic E-state index is 0.0134. The van der Waals surface area contributed by atoms with Gasteiger partial charge in [0.2, 0.25) is 5.82 Å². The lowest BCUT2D eigenvalue weighted by molar-refractivity contribution is 0.102. The van der Waals surface area contributed by atoms with E-state index >= 15 is 0 Å². The van der Waals surface area contributed by atoms with E-state index in [2.05, 4.69) is 15.5 Å². The lowest BCUT2D eigenvalue weighted by Crippen LogP contribution is -2.14. The van der Waals surface area contributed by atoms with Crippen molar-refractivity contribution in [2.45, 2.75) is 6.61 Å². The lowest BCUT2D eigenvalue weighted by atomic mass is 10.2. The first kappa shape index (κ1) is 20.4. The molecule has 1 N–H and O–H groups in total. The van der Waals surface area contributed by atoms with Crippen molar-refractivity contribution in [1.29, 1.82) is 0 Å². The maximum Gasteiger partial charge on any atom is 0.264 e. The second-order valence-electron chi connectivity index (χ2n) is 6.46. The van der Waals surface area contributed by atoms with E-state index in [0.29, 0.717) is 27.8 Å². The molecule has 0 atom stereocenters. The third kappa shape index (κ3) is 4.84. The topological polar surface area (TPSA) is 86.5 Å². The maximum absolute atomic E-state index is 12.7. The number of benzene rings is 3. The van der Waals surface area contributed by atoms with Gasteiger partial charge in [0.15, 0.2) is 6.61 Å². The maximum atomic E-state index is 12.7. The van der Waals surface area contributed by atoms with E-state index in [1.807, 2.05) is 24.3 Å². The molecule has 0 saturated heterocycles. The van der Waals surface area contributed by atoms with E-state index in [-0.39, 0.29) is 18.4 Å². The highest BCUT2D eigenvalue weighted by atomic mass is 35.5. The summed E-state index contributed by atoms with van der Waals surface area (Å²) >= 11 is 6.13. The second-order valence-corrected chi connectivity index (χ2v) is 6.87. The molecular weight excluding hydrogens is 418 g/mol. The van der Waals surface area contributed by atoms with Gasteiger partial charge < -0.3 is 19.3 Å². The van der Waals surface area contributed by atoms with E-state index in [4.69, 9.17) is 25.6 Å². The minimum atomic E-state index is -0.340. The largest absolute Gasteiger partial charge is 0.497 e. The van der Waals surface area contributed by atoms with E-state index in [9.17, 15) is 4.79 Å². The summed E-state index contributed by atoms with van der Waals surface area (Å²) in [5, 5.41) is 7.21. The van der Waals surface area contributed by atoms with Crippen LogP contribution in [0.4, 0.5) is 5.69 Å². The summed E-state index contributed by atoms with van der Waals surface area (Å²) in [5.41, 5.74) is 1.66. The van der Waals surface area contributed by atoms with Crippen molar-refractivity contribution < 1.29 is 18.8 Å². The van der Waals surface area contributed by atoms with Crippen LogP contribution in [0.5, 0.6) is 11.5 Å². The molecule has 3 aromatic carbocycles. The predicted molar refractivity (Wildman–Crippen MR) is 116 cm³/mol. The zero-order valence-corrected chi connectivity index (χ0v) is 17.3. The summed E-state index contributed by atoms with van der Waals surface area (Å²) in [6, 6.07) is 21.2. The molecule has 0 radical (unpaired) electrons. The number of carbonyl (C=O) groups is 1. The quantitative estimate of drug-likeness (QED) is 0.427. The molecule has 7 nitrogen and oxygen atoms in total. The smallest absolute Gasteiger partial charge is 0.264 e. The number of hydrogen-bond acceptors (Lipinski definition) is 6. The Balaban J connectivity index is 1.45. The Morgan fingerprint density at radius 2 is 1.77 bits per heavy atom. The molecule has 0 fully saturated rings. The van der Waals surface area contributed by atoms with Crippen LogP contribution in [0.15, 0.2) is 77.3 Å². The Kier molecular flexibility index (Phi) is 6.14. The van der Waals surface area contributed by atoms with Gasteiger partial charge in [0.25, 0.3) is 11.8 Å². The number of halogens is 1. The zero-order chi connectivity index (χ0) is 21.6. The van der Waals surface area contributed by atoms with Crippen LogP contribution in [-0.2, 0) is 6.61 Å². The summed E-state index contributed by atoms with van der Waals surface area (Å²) in [7, 11) is 1.60. The fourth-order valence-corrected chi connectivity index (χ4v) is 3.03. The highest BCUT2D eigenvalue weighted by Gasteiger charge is 2.15. The first-order chi connectivity index (χ1) is 15.1. The molecule has 0 aliphatic carbocycles. The number of aromatic nitrogens is 2. The summed E-state index contributed by atoms with van der Waals surface area (Å²) in [5.74, 6) is 1.50. The number of anilines is 1. The average Bonchev–Trinajstić information content (AvgIpc) is 3.28. The number of ether oxygens (including phenoxy) is 2. The Morgan fingerprint density at radius 1 is 1.03 bits per heavy atom. The van der Waals surface area contributed by atoms with Crippen molar-refractivity contribution in [3.63, 3.8) is 0 Å². The van der Waals surface area contributed by atoms with E-state index in [0.717, 1.165) is 11.3 Å². The predicted octanol–water partition coefficient (Wildman–Crippen LogP) is 5.23. The molecule has 1 aromatic heterocycles. The van der Waals surface area contributed by atoms with Gasteiger partial charge in [-0.15, -0.1) is 0 Å². The Labute approximate surface area is 183 Å².